The third kappa shape index (κ3) is 4.89. The first kappa shape index (κ1) is 28.5. The van der Waals surface area contributed by atoms with Crippen molar-refractivity contribution in [1.82, 2.24) is 34.4 Å². The number of hydrogen-bond acceptors (Lipinski definition) is 10. The number of nitrogens with zero attached hydrogens (tertiary/aromatic N) is 7. The summed E-state index contributed by atoms with van der Waals surface area (Å²) in [6.45, 7) is 2.72. The summed E-state index contributed by atoms with van der Waals surface area (Å²) in [5.74, 6) is -0.129. The number of halogens is 2. The molecule has 1 N–H and O–H groups in total. The van der Waals surface area contributed by atoms with Crippen LogP contribution >= 0.6 is 11.3 Å². The molecule has 1 amide bonds. The van der Waals surface area contributed by atoms with E-state index in [1.165, 1.54) is 30.1 Å². The summed E-state index contributed by atoms with van der Waals surface area (Å²) in [5, 5.41) is 17.9. The van der Waals surface area contributed by atoms with Gasteiger partial charge in [0.2, 0.25) is 15.2 Å². The number of aromatic nitrogens is 5. The van der Waals surface area contributed by atoms with Gasteiger partial charge in [-0.05, 0) is 44.7 Å². The van der Waals surface area contributed by atoms with Crippen molar-refractivity contribution in [1.29, 1.82) is 5.26 Å². The lowest BCUT2D eigenvalue weighted by Crippen LogP contribution is -2.43. The summed E-state index contributed by atoms with van der Waals surface area (Å²) in [7, 11) is -2.59. The minimum atomic E-state index is -4.08. The van der Waals surface area contributed by atoms with Crippen LogP contribution in [0.4, 0.5) is 8.78 Å². The summed E-state index contributed by atoms with van der Waals surface area (Å²) in [5.41, 5.74) is 0.331. The molecule has 220 valence electrons. The van der Waals surface area contributed by atoms with E-state index in [-0.39, 0.29) is 21.9 Å². The van der Waals surface area contributed by atoms with E-state index in [4.69, 9.17) is 4.74 Å². The fraction of sp³-hybridized carbons (Fsp3) is 0.462. The van der Waals surface area contributed by atoms with Crippen LogP contribution in [-0.4, -0.2) is 75.8 Å². The van der Waals surface area contributed by atoms with Crippen molar-refractivity contribution in [2.45, 2.75) is 61.5 Å². The second kappa shape index (κ2) is 10.6. The summed E-state index contributed by atoms with van der Waals surface area (Å²) in [6, 6.07) is 6.52. The van der Waals surface area contributed by atoms with E-state index < -0.39 is 33.1 Å². The second-order valence-corrected chi connectivity index (χ2v) is 13.1. The van der Waals surface area contributed by atoms with Gasteiger partial charge in [-0.25, -0.2) is 27.2 Å². The van der Waals surface area contributed by atoms with Crippen LogP contribution in [0, 0.1) is 11.3 Å². The zero-order chi connectivity index (χ0) is 29.8. The highest BCUT2D eigenvalue weighted by Crippen LogP contribution is 2.40. The number of sulfonamides is 1. The van der Waals surface area contributed by atoms with E-state index in [1.54, 1.807) is 17.9 Å². The number of amides is 1. The molecule has 16 heteroatoms. The number of piperidine rings is 1. The zero-order valence-electron chi connectivity index (χ0n) is 22.6. The quantitative estimate of drug-likeness (QED) is 0.313. The molecule has 1 saturated carbocycles. The van der Waals surface area contributed by atoms with Crippen molar-refractivity contribution in [3.05, 3.63) is 35.2 Å². The highest BCUT2D eigenvalue weighted by Gasteiger charge is 2.47. The molecule has 0 spiro atoms. The molecule has 42 heavy (non-hydrogen) atoms. The second-order valence-electron chi connectivity index (χ2n) is 10.5. The molecule has 3 aromatic heterocycles. The van der Waals surface area contributed by atoms with Crippen LogP contribution < -0.4 is 4.72 Å². The number of fused-ring (bicyclic) bond motifs is 3. The SMILES string of the molecule is COC(C)C(=O)N1CCC(c2ncnc3c2c2ccc(S(=O)(=O)NC4(C#N)CC4)cc2n3-c2nnc(C(F)F)s2)CC1. The van der Waals surface area contributed by atoms with Crippen molar-refractivity contribution >= 4 is 49.2 Å². The number of alkyl halides is 2. The van der Waals surface area contributed by atoms with Crippen molar-refractivity contribution in [3.63, 3.8) is 0 Å². The Labute approximate surface area is 243 Å². The van der Waals surface area contributed by atoms with Gasteiger partial charge in [0.25, 0.3) is 12.3 Å². The topological polar surface area (TPSA) is 156 Å². The molecule has 0 radical (unpaired) electrons. The van der Waals surface area contributed by atoms with Gasteiger partial charge in [0.1, 0.15) is 18.0 Å². The molecule has 12 nitrogen and oxygen atoms in total. The molecule has 4 aromatic rings. The molecule has 1 atom stereocenters. The maximum absolute atomic E-state index is 13.5. The van der Waals surface area contributed by atoms with Crippen molar-refractivity contribution in [2.24, 2.45) is 0 Å². The molecule has 4 heterocycles. The summed E-state index contributed by atoms with van der Waals surface area (Å²) in [4.78, 5) is 23.4. The number of nitrogens with one attached hydrogen (secondary N) is 1. The largest absolute Gasteiger partial charge is 0.372 e. The maximum atomic E-state index is 13.5. The van der Waals surface area contributed by atoms with Gasteiger partial charge in [-0.3, -0.25) is 9.36 Å². The number of methoxy groups -OCH3 is 1. The number of carbonyl (C=O) groups excluding carboxylic acids is 1. The van der Waals surface area contributed by atoms with Crippen molar-refractivity contribution in [2.75, 3.05) is 20.2 Å². The molecule has 1 aromatic carbocycles. The van der Waals surface area contributed by atoms with Crippen LogP contribution in [0.2, 0.25) is 0 Å². The van der Waals surface area contributed by atoms with Crippen LogP contribution in [0.25, 0.3) is 27.1 Å². The van der Waals surface area contributed by atoms with Crippen LogP contribution in [0.1, 0.15) is 55.7 Å². The highest BCUT2D eigenvalue weighted by molar-refractivity contribution is 7.89. The zero-order valence-corrected chi connectivity index (χ0v) is 24.3. The van der Waals surface area contributed by atoms with E-state index in [2.05, 4.69) is 24.9 Å². The molecule has 0 bridgehead atoms. The number of rotatable bonds is 8. The first-order valence-corrected chi connectivity index (χ1v) is 15.6. The van der Waals surface area contributed by atoms with E-state index in [9.17, 15) is 27.3 Å². The Bertz CT molecular complexity index is 1840. The summed E-state index contributed by atoms with van der Waals surface area (Å²) < 4.78 is 62.6. The number of hydrogen-bond donors (Lipinski definition) is 1. The molecule has 1 aliphatic heterocycles. The van der Waals surface area contributed by atoms with Gasteiger partial charge in [0.15, 0.2) is 10.7 Å². The molecular weight excluding hydrogens is 590 g/mol. The van der Waals surface area contributed by atoms with Gasteiger partial charge in [0, 0.05) is 36.9 Å². The minimum Gasteiger partial charge on any atom is -0.372 e. The molecule has 1 saturated heterocycles. The van der Waals surface area contributed by atoms with Gasteiger partial charge >= 0.3 is 0 Å². The molecule has 1 unspecified atom stereocenters. The summed E-state index contributed by atoms with van der Waals surface area (Å²) in [6.07, 6.45) is 0.0992. The molecule has 2 fully saturated rings. The van der Waals surface area contributed by atoms with Gasteiger partial charge in [-0.2, -0.15) is 9.98 Å². The Morgan fingerprint density at radius 2 is 1.98 bits per heavy atom. The average molecular weight is 617 g/mol. The average Bonchev–Trinajstić information content (AvgIpc) is 3.43. The normalized spacial score (nSPS) is 18.0. The van der Waals surface area contributed by atoms with Crippen LogP contribution in [0.5, 0.6) is 0 Å². The molecular formula is C26H26F2N8O4S2. The molecule has 1 aliphatic carbocycles. The van der Waals surface area contributed by atoms with E-state index in [0.29, 0.717) is 77.7 Å². The Kier molecular flexibility index (Phi) is 7.16. The molecule has 6 rings (SSSR count). The fourth-order valence-corrected chi connectivity index (χ4v) is 7.44. The summed E-state index contributed by atoms with van der Waals surface area (Å²) >= 11 is 0.681. The number of nitriles is 1. The number of benzene rings is 1. The lowest BCUT2D eigenvalue weighted by molar-refractivity contribution is -0.142. The van der Waals surface area contributed by atoms with Crippen LogP contribution in [0.15, 0.2) is 29.4 Å². The van der Waals surface area contributed by atoms with Gasteiger partial charge in [-0.15, -0.1) is 10.2 Å². The fourth-order valence-electron chi connectivity index (χ4n) is 5.32. The predicted molar refractivity (Wildman–Crippen MR) is 148 cm³/mol. The van der Waals surface area contributed by atoms with Crippen molar-refractivity contribution in [3.8, 4) is 11.2 Å². The Morgan fingerprint density at radius 3 is 2.60 bits per heavy atom. The highest BCUT2D eigenvalue weighted by atomic mass is 32.2. The van der Waals surface area contributed by atoms with E-state index in [1.807, 2.05) is 6.07 Å². The standard InChI is InChI=1S/C26H26F2N8O4S2/c1-14(40-2)24(37)35-9-5-15(6-10-35)20-19-17-4-3-16(42(38,39)34-26(12-29)7-8-26)11-18(17)36(22(19)31-13-30-20)25-33-32-23(41-25)21(27)28/h3-4,11,13-15,21,34H,5-10H2,1-2H3. The Hall–Kier alpha value is -3.65. The Balaban J connectivity index is 1.47. The van der Waals surface area contributed by atoms with Gasteiger partial charge in [-0.1, -0.05) is 17.4 Å². The predicted octanol–water partition coefficient (Wildman–Crippen LogP) is 3.44. The smallest absolute Gasteiger partial charge is 0.291 e. The third-order valence-corrected chi connectivity index (χ3v) is 10.3. The number of carbonyl (C=O) groups is 1. The Morgan fingerprint density at radius 1 is 1.24 bits per heavy atom. The van der Waals surface area contributed by atoms with E-state index in [0.717, 1.165) is 0 Å². The first-order valence-electron chi connectivity index (χ1n) is 13.3. The number of likely N-dealkylation sites (tertiary alicyclic amines) is 1. The first-order chi connectivity index (χ1) is 20.1. The minimum absolute atomic E-state index is 0.0436. The molecule has 2 aliphatic rings. The van der Waals surface area contributed by atoms with Crippen molar-refractivity contribution < 1.29 is 26.7 Å². The maximum Gasteiger partial charge on any atom is 0.291 e. The van der Waals surface area contributed by atoms with Gasteiger partial charge < -0.3 is 9.64 Å². The monoisotopic (exact) mass is 616 g/mol. The van der Waals surface area contributed by atoms with Crippen LogP contribution in [-0.2, 0) is 19.6 Å². The van der Waals surface area contributed by atoms with E-state index >= 15 is 0 Å². The van der Waals surface area contributed by atoms with Crippen LogP contribution in [0.3, 0.4) is 0 Å². The lowest BCUT2D eigenvalue weighted by Gasteiger charge is -2.33. The van der Waals surface area contributed by atoms with Gasteiger partial charge in [0.05, 0.1) is 22.2 Å². The third-order valence-electron chi connectivity index (χ3n) is 7.85. The lowest BCUT2D eigenvalue weighted by atomic mass is 9.91. The number of ether oxygens (including phenoxy) is 1.